The van der Waals surface area contributed by atoms with Crippen LogP contribution in [0.1, 0.15) is 12.5 Å². The molecular weight excluding hydrogens is 248 g/mol. The molecule has 4 N–H and O–H groups in total. The van der Waals surface area contributed by atoms with E-state index in [9.17, 15) is 9.59 Å². The lowest BCUT2D eigenvalue weighted by molar-refractivity contribution is -0.122. The summed E-state index contributed by atoms with van der Waals surface area (Å²) in [7, 11) is 1.62. The van der Waals surface area contributed by atoms with Gasteiger partial charge in [0.25, 0.3) is 5.91 Å². The van der Waals surface area contributed by atoms with Crippen LogP contribution in [-0.4, -0.2) is 30.0 Å². The first kappa shape index (κ1) is 13.2. The number of ether oxygens (including phenoxy) is 1. The molecule has 0 saturated heterocycles. The summed E-state index contributed by atoms with van der Waals surface area (Å²) >= 11 is 0. The highest BCUT2D eigenvalue weighted by Gasteiger charge is 2.23. The summed E-state index contributed by atoms with van der Waals surface area (Å²) in [5, 5.41) is 2.76. The number of rotatable bonds is 2. The van der Waals surface area contributed by atoms with E-state index in [0.717, 1.165) is 5.56 Å². The summed E-state index contributed by atoms with van der Waals surface area (Å²) in [5.74, 6) is 5.50. The molecule has 7 heteroatoms. The zero-order chi connectivity index (χ0) is 14.0. The minimum Gasteiger partial charge on any atom is -0.479 e. The van der Waals surface area contributed by atoms with Gasteiger partial charge in [-0.05, 0) is 24.6 Å². The highest BCUT2D eigenvalue weighted by atomic mass is 16.5. The van der Waals surface area contributed by atoms with Crippen molar-refractivity contribution in [3.63, 3.8) is 0 Å². The summed E-state index contributed by atoms with van der Waals surface area (Å²) in [6, 6.07) is 5.00. The fourth-order valence-electron chi connectivity index (χ4n) is 1.81. The van der Waals surface area contributed by atoms with E-state index in [1.54, 1.807) is 26.1 Å². The Morgan fingerprint density at radius 3 is 3.00 bits per heavy atom. The number of amides is 3. The molecule has 0 aromatic heterocycles. The number of urea groups is 1. The molecule has 1 unspecified atom stereocenters. The third kappa shape index (κ3) is 2.76. The third-order valence-corrected chi connectivity index (χ3v) is 2.86. The molecule has 0 fully saturated rings. The second kappa shape index (κ2) is 5.15. The van der Waals surface area contributed by atoms with Gasteiger partial charge in [0, 0.05) is 13.6 Å². The standard InChI is InChI=1S/C12H16N4O3/c1-7-11(17)14-9-5-8(3-4-10(9)19-7)6-16(2)12(18)15-13/h3-5,7H,6,13H2,1-2H3,(H,14,17)(H,15,18). The van der Waals surface area contributed by atoms with Gasteiger partial charge < -0.3 is 15.0 Å². The quantitative estimate of drug-likeness (QED) is 0.410. The maximum Gasteiger partial charge on any atom is 0.331 e. The molecule has 0 saturated carbocycles. The first-order valence-corrected chi connectivity index (χ1v) is 5.83. The third-order valence-electron chi connectivity index (χ3n) is 2.86. The van der Waals surface area contributed by atoms with E-state index >= 15 is 0 Å². The molecule has 1 aromatic carbocycles. The average Bonchev–Trinajstić information content (AvgIpc) is 2.39. The smallest absolute Gasteiger partial charge is 0.331 e. The second-order valence-corrected chi connectivity index (χ2v) is 4.39. The Hall–Kier alpha value is -2.28. The summed E-state index contributed by atoms with van der Waals surface area (Å²) < 4.78 is 5.45. The van der Waals surface area contributed by atoms with Crippen LogP contribution in [0.3, 0.4) is 0 Å². The fourth-order valence-corrected chi connectivity index (χ4v) is 1.81. The first-order valence-electron chi connectivity index (χ1n) is 5.83. The Labute approximate surface area is 110 Å². The second-order valence-electron chi connectivity index (χ2n) is 4.39. The van der Waals surface area contributed by atoms with Crippen LogP contribution in [-0.2, 0) is 11.3 Å². The number of hydrazine groups is 1. The van der Waals surface area contributed by atoms with Crippen molar-refractivity contribution in [2.45, 2.75) is 19.6 Å². The van der Waals surface area contributed by atoms with Gasteiger partial charge in [-0.3, -0.25) is 10.2 Å². The molecular formula is C12H16N4O3. The fraction of sp³-hybridized carbons (Fsp3) is 0.333. The molecule has 1 atom stereocenters. The van der Waals surface area contributed by atoms with E-state index in [-0.39, 0.29) is 11.9 Å². The lowest BCUT2D eigenvalue weighted by Gasteiger charge is -2.24. The first-order chi connectivity index (χ1) is 9.01. The molecule has 2 rings (SSSR count). The normalized spacial score (nSPS) is 17.0. The van der Waals surface area contributed by atoms with Crippen molar-refractivity contribution >= 4 is 17.6 Å². The van der Waals surface area contributed by atoms with E-state index in [2.05, 4.69) is 10.7 Å². The SMILES string of the molecule is CC1Oc2ccc(CN(C)C(=O)NN)cc2NC1=O. The molecule has 7 nitrogen and oxygen atoms in total. The van der Waals surface area contributed by atoms with Gasteiger partial charge in [-0.1, -0.05) is 6.07 Å². The van der Waals surface area contributed by atoms with Gasteiger partial charge in [0.2, 0.25) is 0 Å². The number of carbonyl (C=O) groups excluding carboxylic acids is 2. The highest BCUT2D eigenvalue weighted by Crippen LogP contribution is 2.30. The van der Waals surface area contributed by atoms with Crippen LogP contribution in [0.25, 0.3) is 0 Å². The molecule has 1 aliphatic heterocycles. The number of hydrogen-bond donors (Lipinski definition) is 3. The van der Waals surface area contributed by atoms with E-state index in [0.29, 0.717) is 18.0 Å². The number of carbonyl (C=O) groups is 2. The molecule has 3 amide bonds. The van der Waals surface area contributed by atoms with Crippen LogP contribution < -0.4 is 21.3 Å². The van der Waals surface area contributed by atoms with Crippen molar-refractivity contribution in [2.24, 2.45) is 5.84 Å². The van der Waals surface area contributed by atoms with Crippen molar-refractivity contribution in [1.82, 2.24) is 10.3 Å². The molecule has 1 aliphatic rings. The van der Waals surface area contributed by atoms with E-state index in [1.165, 1.54) is 4.90 Å². The summed E-state index contributed by atoms with van der Waals surface area (Å²) in [4.78, 5) is 24.2. The largest absolute Gasteiger partial charge is 0.479 e. The van der Waals surface area contributed by atoms with E-state index < -0.39 is 6.10 Å². The minimum absolute atomic E-state index is 0.183. The lowest BCUT2D eigenvalue weighted by Crippen LogP contribution is -2.40. The summed E-state index contributed by atoms with van der Waals surface area (Å²) in [6.07, 6.45) is -0.496. The molecule has 102 valence electrons. The van der Waals surface area contributed by atoms with E-state index in [4.69, 9.17) is 10.6 Å². The van der Waals surface area contributed by atoms with E-state index in [1.807, 2.05) is 6.07 Å². The van der Waals surface area contributed by atoms with Crippen LogP contribution >= 0.6 is 0 Å². The van der Waals surface area contributed by atoms with Gasteiger partial charge in [0.1, 0.15) is 5.75 Å². The average molecular weight is 264 g/mol. The molecule has 0 spiro atoms. The van der Waals surface area contributed by atoms with Crippen molar-refractivity contribution in [3.8, 4) is 5.75 Å². The van der Waals surface area contributed by atoms with Gasteiger partial charge >= 0.3 is 6.03 Å². The van der Waals surface area contributed by atoms with Crippen LogP contribution in [0.2, 0.25) is 0 Å². The molecule has 1 aromatic rings. The van der Waals surface area contributed by atoms with Crippen LogP contribution in [0.5, 0.6) is 5.75 Å². The van der Waals surface area contributed by atoms with Gasteiger partial charge in [0.15, 0.2) is 6.10 Å². The Kier molecular flexibility index (Phi) is 3.57. The molecule has 1 heterocycles. The number of nitrogens with zero attached hydrogens (tertiary/aromatic N) is 1. The highest BCUT2D eigenvalue weighted by molar-refractivity contribution is 5.97. The minimum atomic E-state index is -0.496. The van der Waals surface area contributed by atoms with Crippen LogP contribution in [0.15, 0.2) is 18.2 Å². The van der Waals surface area contributed by atoms with Crippen LogP contribution in [0.4, 0.5) is 10.5 Å². The molecule has 0 bridgehead atoms. The zero-order valence-corrected chi connectivity index (χ0v) is 10.8. The Morgan fingerprint density at radius 1 is 1.58 bits per heavy atom. The topological polar surface area (TPSA) is 96.7 Å². The predicted molar refractivity (Wildman–Crippen MR) is 69.3 cm³/mol. The number of nitrogens with one attached hydrogen (secondary N) is 2. The van der Waals surface area contributed by atoms with Crippen LogP contribution in [0, 0.1) is 0 Å². The van der Waals surface area contributed by atoms with Gasteiger partial charge in [-0.25, -0.2) is 10.6 Å². The summed E-state index contributed by atoms with van der Waals surface area (Å²) in [6.45, 7) is 2.06. The Morgan fingerprint density at radius 2 is 2.32 bits per heavy atom. The maximum atomic E-state index is 11.5. The Bertz CT molecular complexity index is 518. The van der Waals surface area contributed by atoms with Crippen molar-refractivity contribution in [3.05, 3.63) is 23.8 Å². The number of anilines is 1. The maximum absolute atomic E-state index is 11.5. The Balaban J connectivity index is 2.15. The lowest BCUT2D eigenvalue weighted by atomic mass is 10.1. The van der Waals surface area contributed by atoms with Gasteiger partial charge in [-0.15, -0.1) is 0 Å². The summed E-state index contributed by atoms with van der Waals surface area (Å²) in [5.41, 5.74) is 3.53. The number of hydrogen-bond acceptors (Lipinski definition) is 4. The molecule has 0 radical (unpaired) electrons. The number of benzene rings is 1. The van der Waals surface area contributed by atoms with Crippen molar-refractivity contribution in [1.29, 1.82) is 0 Å². The monoisotopic (exact) mass is 264 g/mol. The number of nitrogens with two attached hydrogens (primary N) is 1. The van der Waals surface area contributed by atoms with Gasteiger partial charge in [0.05, 0.1) is 5.69 Å². The zero-order valence-electron chi connectivity index (χ0n) is 10.8. The molecule has 0 aliphatic carbocycles. The number of fused-ring (bicyclic) bond motifs is 1. The van der Waals surface area contributed by atoms with Gasteiger partial charge in [-0.2, -0.15) is 0 Å². The van der Waals surface area contributed by atoms with Crippen molar-refractivity contribution in [2.75, 3.05) is 12.4 Å². The predicted octanol–water partition coefficient (Wildman–Crippen LogP) is 0.421. The molecule has 19 heavy (non-hydrogen) atoms. The van der Waals surface area contributed by atoms with Crippen molar-refractivity contribution < 1.29 is 14.3 Å².